The molecule has 1 aromatic heterocycles. The summed E-state index contributed by atoms with van der Waals surface area (Å²) in [6, 6.07) is 5.55. The third kappa shape index (κ3) is 2.19. The number of fused-ring (bicyclic) bond motifs is 1. The molecule has 1 aromatic carbocycles. The van der Waals surface area contributed by atoms with Crippen LogP contribution in [0.1, 0.15) is 0 Å². The van der Waals surface area contributed by atoms with Crippen LogP contribution in [0.3, 0.4) is 0 Å². The molecule has 5 heteroatoms. The molecule has 0 bridgehead atoms. The van der Waals surface area contributed by atoms with Crippen molar-refractivity contribution in [3.8, 4) is 0 Å². The molecular weight excluding hydrogens is 210 g/mol. The Balaban J connectivity index is 2.46. The Morgan fingerprint density at radius 3 is 3.00 bits per heavy atom. The number of nitrogens with zero attached hydrogens (tertiary/aromatic N) is 2. The Kier molecular flexibility index (Phi) is 3.03. The standard InChI is InChI=1S/C10H11N3OS/c11-7-1-2-8-9(5-7)12-6-13-10(8)15-4-3-14/h1-2,5-6,14H,3-4,11H2. The van der Waals surface area contributed by atoms with Gasteiger partial charge in [-0.3, -0.25) is 0 Å². The second-order valence-corrected chi connectivity index (χ2v) is 4.11. The molecule has 0 aliphatic rings. The zero-order valence-electron chi connectivity index (χ0n) is 8.05. The van der Waals surface area contributed by atoms with E-state index in [0.29, 0.717) is 11.4 Å². The second-order valence-electron chi connectivity index (χ2n) is 3.03. The molecule has 0 aliphatic heterocycles. The second kappa shape index (κ2) is 4.46. The molecule has 0 fully saturated rings. The van der Waals surface area contributed by atoms with E-state index in [-0.39, 0.29) is 6.61 Å². The number of nitrogens with two attached hydrogens (primary N) is 1. The van der Waals surface area contributed by atoms with E-state index in [9.17, 15) is 0 Å². The van der Waals surface area contributed by atoms with Crippen LogP contribution in [0, 0.1) is 0 Å². The molecule has 0 radical (unpaired) electrons. The maximum atomic E-state index is 8.76. The molecule has 0 spiro atoms. The van der Waals surface area contributed by atoms with Crippen molar-refractivity contribution in [3.05, 3.63) is 24.5 Å². The van der Waals surface area contributed by atoms with Crippen molar-refractivity contribution in [2.45, 2.75) is 5.03 Å². The van der Waals surface area contributed by atoms with Crippen LogP contribution in [-0.2, 0) is 0 Å². The van der Waals surface area contributed by atoms with Crippen LogP contribution >= 0.6 is 11.8 Å². The van der Waals surface area contributed by atoms with Gasteiger partial charge in [-0.25, -0.2) is 9.97 Å². The molecule has 78 valence electrons. The topological polar surface area (TPSA) is 72.0 Å². The molecule has 0 atom stereocenters. The summed E-state index contributed by atoms with van der Waals surface area (Å²) in [4.78, 5) is 8.32. The molecule has 1 heterocycles. The number of rotatable bonds is 3. The van der Waals surface area contributed by atoms with Gasteiger partial charge in [0.15, 0.2) is 0 Å². The SMILES string of the molecule is Nc1ccc2c(SCCO)ncnc2c1. The summed E-state index contributed by atoms with van der Waals surface area (Å²) >= 11 is 1.51. The lowest BCUT2D eigenvalue weighted by atomic mass is 10.2. The van der Waals surface area contributed by atoms with Crippen LogP contribution in [0.5, 0.6) is 0 Å². The predicted molar refractivity (Wildman–Crippen MR) is 61.8 cm³/mol. The molecule has 4 nitrogen and oxygen atoms in total. The largest absolute Gasteiger partial charge is 0.399 e. The lowest BCUT2D eigenvalue weighted by Crippen LogP contribution is -1.92. The van der Waals surface area contributed by atoms with Crippen molar-refractivity contribution >= 4 is 28.4 Å². The van der Waals surface area contributed by atoms with Crippen molar-refractivity contribution in [1.29, 1.82) is 0 Å². The number of aliphatic hydroxyl groups is 1. The van der Waals surface area contributed by atoms with Gasteiger partial charge in [-0.1, -0.05) is 0 Å². The van der Waals surface area contributed by atoms with Crippen molar-refractivity contribution in [2.24, 2.45) is 0 Å². The lowest BCUT2D eigenvalue weighted by Gasteiger charge is -2.03. The van der Waals surface area contributed by atoms with Gasteiger partial charge in [0.1, 0.15) is 11.4 Å². The molecule has 0 saturated heterocycles. The van der Waals surface area contributed by atoms with E-state index in [1.54, 1.807) is 0 Å². The first-order valence-corrected chi connectivity index (χ1v) is 5.53. The van der Waals surface area contributed by atoms with Crippen molar-refractivity contribution in [2.75, 3.05) is 18.1 Å². The van der Waals surface area contributed by atoms with Gasteiger partial charge in [-0.05, 0) is 18.2 Å². The lowest BCUT2D eigenvalue weighted by molar-refractivity contribution is 0.322. The summed E-state index contributed by atoms with van der Waals surface area (Å²) in [7, 11) is 0. The molecule has 3 N–H and O–H groups in total. The van der Waals surface area contributed by atoms with Crippen molar-refractivity contribution in [3.63, 3.8) is 0 Å². The number of thioether (sulfide) groups is 1. The Bertz CT molecular complexity index is 475. The van der Waals surface area contributed by atoms with E-state index in [2.05, 4.69) is 9.97 Å². The molecular formula is C10H11N3OS. The highest BCUT2D eigenvalue weighted by molar-refractivity contribution is 7.99. The molecule has 0 saturated carbocycles. The number of hydrogen-bond donors (Lipinski definition) is 2. The third-order valence-electron chi connectivity index (χ3n) is 1.95. The zero-order chi connectivity index (χ0) is 10.7. The molecule has 0 aliphatic carbocycles. The minimum Gasteiger partial charge on any atom is -0.399 e. The van der Waals surface area contributed by atoms with Gasteiger partial charge in [0, 0.05) is 16.8 Å². The highest BCUT2D eigenvalue weighted by Crippen LogP contribution is 2.25. The number of nitrogen functional groups attached to an aromatic ring is 1. The first-order valence-electron chi connectivity index (χ1n) is 4.55. The summed E-state index contributed by atoms with van der Waals surface area (Å²) in [6.07, 6.45) is 1.52. The van der Waals surface area contributed by atoms with E-state index in [4.69, 9.17) is 10.8 Å². The van der Waals surface area contributed by atoms with Gasteiger partial charge in [-0.15, -0.1) is 11.8 Å². The maximum absolute atomic E-state index is 8.76. The fourth-order valence-corrected chi connectivity index (χ4v) is 2.04. The van der Waals surface area contributed by atoms with Crippen LogP contribution in [-0.4, -0.2) is 27.4 Å². The fourth-order valence-electron chi connectivity index (χ4n) is 1.31. The quantitative estimate of drug-likeness (QED) is 0.464. The molecule has 0 unspecified atom stereocenters. The third-order valence-corrected chi connectivity index (χ3v) is 2.94. The van der Waals surface area contributed by atoms with E-state index in [1.165, 1.54) is 18.1 Å². The normalized spacial score (nSPS) is 10.7. The summed E-state index contributed by atoms with van der Waals surface area (Å²) in [5, 5.41) is 10.6. The van der Waals surface area contributed by atoms with E-state index < -0.39 is 0 Å². The summed E-state index contributed by atoms with van der Waals surface area (Å²) in [6.45, 7) is 0.144. The van der Waals surface area contributed by atoms with Crippen LogP contribution in [0.25, 0.3) is 10.9 Å². The Hall–Kier alpha value is -1.33. The number of hydrogen-bond acceptors (Lipinski definition) is 5. The molecule has 2 rings (SSSR count). The number of benzene rings is 1. The van der Waals surface area contributed by atoms with Gasteiger partial charge in [0.2, 0.25) is 0 Å². The smallest absolute Gasteiger partial charge is 0.117 e. The summed E-state index contributed by atoms with van der Waals surface area (Å²) in [5.74, 6) is 0.635. The van der Waals surface area contributed by atoms with Gasteiger partial charge in [0.05, 0.1) is 12.1 Å². The Morgan fingerprint density at radius 1 is 1.33 bits per heavy atom. The minimum absolute atomic E-state index is 0.144. The van der Waals surface area contributed by atoms with Crippen LogP contribution in [0.4, 0.5) is 5.69 Å². The average Bonchev–Trinajstić information content (AvgIpc) is 2.25. The number of aliphatic hydroxyl groups excluding tert-OH is 1. The number of anilines is 1. The first-order chi connectivity index (χ1) is 7.31. The average molecular weight is 221 g/mol. The fraction of sp³-hybridized carbons (Fsp3) is 0.200. The molecule has 15 heavy (non-hydrogen) atoms. The van der Waals surface area contributed by atoms with Crippen LogP contribution < -0.4 is 5.73 Å². The van der Waals surface area contributed by atoms with Gasteiger partial charge in [-0.2, -0.15) is 0 Å². The minimum atomic E-state index is 0.144. The highest BCUT2D eigenvalue weighted by Gasteiger charge is 2.03. The Morgan fingerprint density at radius 2 is 2.20 bits per heavy atom. The van der Waals surface area contributed by atoms with Gasteiger partial charge < -0.3 is 10.8 Å². The summed E-state index contributed by atoms with van der Waals surface area (Å²) in [5.41, 5.74) is 7.20. The van der Waals surface area contributed by atoms with E-state index in [1.807, 2.05) is 18.2 Å². The van der Waals surface area contributed by atoms with E-state index in [0.717, 1.165) is 15.9 Å². The molecule has 0 amide bonds. The van der Waals surface area contributed by atoms with Gasteiger partial charge in [0.25, 0.3) is 0 Å². The first kappa shape index (κ1) is 10.2. The summed E-state index contributed by atoms with van der Waals surface area (Å²) < 4.78 is 0. The highest BCUT2D eigenvalue weighted by atomic mass is 32.2. The maximum Gasteiger partial charge on any atom is 0.117 e. The van der Waals surface area contributed by atoms with E-state index >= 15 is 0 Å². The molecule has 2 aromatic rings. The van der Waals surface area contributed by atoms with Crippen molar-refractivity contribution in [1.82, 2.24) is 9.97 Å². The number of aromatic nitrogens is 2. The van der Waals surface area contributed by atoms with Crippen LogP contribution in [0.2, 0.25) is 0 Å². The van der Waals surface area contributed by atoms with Crippen molar-refractivity contribution < 1.29 is 5.11 Å². The Labute approximate surface area is 91.5 Å². The van der Waals surface area contributed by atoms with Gasteiger partial charge >= 0.3 is 0 Å². The zero-order valence-corrected chi connectivity index (χ0v) is 8.87. The monoisotopic (exact) mass is 221 g/mol. The predicted octanol–water partition coefficient (Wildman–Crippen LogP) is 1.30. The van der Waals surface area contributed by atoms with Crippen LogP contribution in [0.15, 0.2) is 29.6 Å².